The van der Waals surface area contributed by atoms with Crippen LogP contribution >= 0.6 is 11.8 Å². The lowest BCUT2D eigenvalue weighted by atomic mass is 10.0. The van der Waals surface area contributed by atoms with E-state index in [-0.39, 0.29) is 23.8 Å². The monoisotopic (exact) mass is 270 g/mol. The van der Waals surface area contributed by atoms with E-state index in [2.05, 4.69) is 5.32 Å². The summed E-state index contributed by atoms with van der Waals surface area (Å²) in [6.45, 7) is 4.56. The number of hydrogen-bond acceptors (Lipinski definition) is 3. The van der Waals surface area contributed by atoms with Gasteiger partial charge in [-0.3, -0.25) is 9.59 Å². The van der Waals surface area contributed by atoms with Crippen LogP contribution in [0.1, 0.15) is 33.1 Å². The summed E-state index contributed by atoms with van der Waals surface area (Å²) in [7, 11) is 0. The van der Waals surface area contributed by atoms with E-state index in [9.17, 15) is 9.59 Å². The molecule has 2 amide bonds. The van der Waals surface area contributed by atoms with Crippen molar-refractivity contribution in [3.05, 3.63) is 0 Å². The van der Waals surface area contributed by atoms with E-state index in [0.717, 1.165) is 12.2 Å². The van der Waals surface area contributed by atoms with Gasteiger partial charge in [-0.25, -0.2) is 0 Å². The number of carbonyl (C=O) groups is 2. The van der Waals surface area contributed by atoms with Gasteiger partial charge in [-0.05, 0) is 24.5 Å². The molecule has 2 unspecified atom stereocenters. The minimum absolute atomic E-state index is 0.00742. The van der Waals surface area contributed by atoms with Crippen molar-refractivity contribution in [1.29, 1.82) is 0 Å². The molecule has 0 saturated carbocycles. The number of nitrogens with zero attached hydrogens (tertiary/aromatic N) is 1. The minimum atomic E-state index is -0.341. The molecule has 2 fully saturated rings. The highest BCUT2D eigenvalue weighted by Gasteiger charge is 2.35. The van der Waals surface area contributed by atoms with Gasteiger partial charge in [0.05, 0.1) is 0 Å². The molecule has 18 heavy (non-hydrogen) atoms. The Kier molecular flexibility index (Phi) is 4.54. The molecule has 2 aliphatic heterocycles. The lowest BCUT2D eigenvalue weighted by molar-refractivity contribution is -0.136. The van der Waals surface area contributed by atoms with Gasteiger partial charge < -0.3 is 10.2 Å². The van der Waals surface area contributed by atoms with Crippen molar-refractivity contribution in [2.45, 2.75) is 45.2 Å². The zero-order valence-electron chi connectivity index (χ0n) is 11.1. The molecule has 0 aliphatic carbocycles. The Morgan fingerprint density at radius 3 is 2.78 bits per heavy atom. The molecular weight excluding hydrogens is 248 g/mol. The lowest BCUT2D eigenvalue weighted by Gasteiger charge is -2.35. The van der Waals surface area contributed by atoms with Crippen LogP contribution in [0.15, 0.2) is 0 Å². The van der Waals surface area contributed by atoms with Gasteiger partial charge in [0.15, 0.2) is 0 Å². The number of nitrogens with one attached hydrogen (secondary N) is 1. The van der Waals surface area contributed by atoms with Crippen LogP contribution in [0.3, 0.4) is 0 Å². The van der Waals surface area contributed by atoms with Crippen LogP contribution in [0.5, 0.6) is 0 Å². The van der Waals surface area contributed by atoms with E-state index >= 15 is 0 Å². The average Bonchev–Trinajstić information content (AvgIpc) is 2.50. The quantitative estimate of drug-likeness (QED) is 0.822. The van der Waals surface area contributed by atoms with Gasteiger partial charge in [0, 0.05) is 24.8 Å². The molecule has 2 atom stereocenters. The Morgan fingerprint density at radius 1 is 1.39 bits per heavy atom. The predicted molar refractivity (Wildman–Crippen MR) is 73.4 cm³/mol. The molecule has 2 rings (SSSR count). The van der Waals surface area contributed by atoms with Gasteiger partial charge >= 0.3 is 0 Å². The highest BCUT2D eigenvalue weighted by atomic mass is 32.2. The van der Waals surface area contributed by atoms with Crippen molar-refractivity contribution in [2.75, 3.05) is 18.1 Å². The van der Waals surface area contributed by atoms with Gasteiger partial charge in [-0.2, -0.15) is 11.8 Å². The Hall–Kier alpha value is -0.710. The largest absolute Gasteiger partial charge is 0.344 e. The first kappa shape index (κ1) is 13.7. The summed E-state index contributed by atoms with van der Waals surface area (Å²) in [6.07, 6.45) is 2.70. The molecule has 5 heteroatoms. The molecule has 2 aliphatic rings. The smallest absolute Gasteiger partial charge is 0.245 e. The second-order valence-corrected chi connectivity index (χ2v) is 6.59. The first-order valence-electron chi connectivity index (χ1n) is 6.77. The summed E-state index contributed by atoms with van der Waals surface area (Å²) in [5.74, 6) is 2.49. The standard InChI is InChI=1S/C13H22N2O2S/c1-9(2)12-13(17)15(6-5-11(16)14-12)10-4-3-7-18-8-10/h9-10,12H,3-8H2,1-2H3,(H,14,16). The van der Waals surface area contributed by atoms with Crippen molar-refractivity contribution >= 4 is 23.6 Å². The Morgan fingerprint density at radius 2 is 2.17 bits per heavy atom. The first-order chi connectivity index (χ1) is 8.59. The van der Waals surface area contributed by atoms with E-state index in [4.69, 9.17) is 0 Å². The third-order valence-corrected chi connectivity index (χ3v) is 4.89. The summed E-state index contributed by atoms with van der Waals surface area (Å²) in [5, 5.41) is 2.86. The average molecular weight is 270 g/mol. The number of hydrogen-bond donors (Lipinski definition) is 1. The maximum absolute atomic E-state index is 12.5. The summed E-state index contributed by atoms with van der Waals surface area (Å²) in [5.41, 5.74) is 0. The molecular formula is C13H22N2O2S. The van der Waals surface area contributed by atoms with E-state index in [1.165, 1.54) is 12.2 Å². The van der Waals surface area contributed by atoms with Crippen LogP contribution < -0.4 is 5.32 Å². The molecule has 0 bridgehead atoms. The van der Waals surface area contributed by atoms with Crippen molar-refractivity contribution in [3.8, 4) is 0 Å². The topological polar surface area (TPSA) is 49.4 Å². The SMILES string of the molecule is CC(C)C1NC(=O)CCN(C2CCCSC2)C1=O. The first-order valence-corrected chi connectivity index (χ1v) is 7.92. The normalized spacial score (nSPS) is 30.3. The van der Waals surface area contributed by atoms with Crippen molar-refractivity contribution in [1.82, 2.24) is 10.2 Å². The van der Waals surface area contributed by atoms with E-state index < -0.39 is 0 Å². The highest BCUT2D eigenvalue weighted by Crippen LogP contribution is 2.24. The highest BCUT2D eigenvalue weighted by molar-refractivity contribution is 7.99. The van der Waals surface area contributed by atoms with Gasteiger partial charge in [-0.15, -0.1) is 0 Å². The molecule has 0 radical (unpaired) electrons. The maximum Gasteiger partial charge on any atom is 0.245 e. The fourth-order valence-electron chi connectivity index (χ4n) is 2.60. The van der Waals surface area contributed by atoms with E-state index in [1.54, 1.807) is 0 Å². The second kappa shape index (κ2) is 5.95. The maximum atomic E-state index is 12.5. The third-order valence-electron chi connectivity index (χ3n) is 3.69. The Balaban J connectivity index is 2.12. The van der Waals surface area contributed by atoms with Gasteiger partial charge in [-0.1, -0.05) is 13.8 Å². The van der Waals surface area contributed by atoms with Crippen LogP contribution in [0.4, 0.5) is 0 Å². The van der Waals surface area contributed by atoms with Crippen molar-refractivity contribution in [3.63, 3.8) is 0 Å². The minimum Gasteiger partial charge on any atom is -0.344 e. The fraction of sp³-hybridized carbons (Fsp3) is 0.846. The summed E-state index contributed by atoms with van der Waals surface area (Å²) < 4.78 is 0. The van der Waals surface area contributed by atoms with Crippen LogP contribution in [0.2, 0.25) is 0 Å². The van der Waals surface area contributed by atoms with Crippen LogP contribution in [-0.2, 0) is 9.59 Å². The van der Waals surface area contributed by atoms with Gasteiger partial charge in [0.1, 0.15) is 6.04 Å². The zero-order valence-corrected chi connectivity index (χ0v) is 12.0. The summed E-state index contributed by atoms with van der Waals surface area (Å²) in [6, 6.07) is -0.0165. The molecule has 0 spiro atoms. The molecule has 2 heterocycles. The lowest BCUT2D eigenvalue weighted by Crippen LogP contribution is -2.51. The van der Waals surface area contributed by atoms with E-state index in [1.807, 2.05) is 30.5 Å². The predicted octanol–water partition coefficient (Wildman–Crippen LogP) is 1.26. The van der Waals surface area contributed by atoms with Crippen LogP contribution in [-0.4, -0.2) is 46.8 Å². The van der Waals surface area contributed by atoms with Crippen LogP contribution in [0.25, 0.3) is 0 Å². The second-order valence-electron chi connectivity index (χ2n) is 5.44. The molecule has 2 saturated heterocycles. The number of rotatable bonds is 2. The van der Waals surface area contributed by atoms with Crippen LogP contribution in [0, 0.1) is 5.92 Å². The summed E-state index contributed by atoms with van der Waals surface area (Å²) >= 11 is 1.92. The molecule has 0 aromatic carbocycles. The number of carbonyl (C=O) groups excluding carboxylic acids is 2. The Bertz CT molecular complexity index is 327. The molecule has 102 valence electrons. The summed E-state index contributed by atoms with van der Waals surface area (Å²) in [4.78, 5) is 26.2. The number of thioether (sulfide) groups is 1. The Labute approximate surface area is 113 Å². The van der Waals surface area contributed by atoms with Gasteiger partial charge in [0.25, 0.3) is 0 Å². The third kappa shape index (κ3) is 2.99. The molecule has 0 aromatic heterocycles. The van der Waals surface area contributed by atoms with Crippen molar-refractivity contribution in [2.24, 2.45) is 5.92 Å². The molecule has 0 aromatic rings. The molecule has 4 nitrogen and oxygen atoms in total. The van der Waals surface area contributed by atoms with E-state index in [0.29, 0.717) is 19.0 Å². The van der Waals surface area contributed by atoms with Gasteiger partial charge in [0.2, 0.25) is 11.8 Å². The van der Waals surface area contributed by atoms with Crippen molar-refractivity contribution < 1.29 is 9.59 Å². The number of amides is 2. The zero-order chi connectivity index (χ0) is 13.1. The fourth-order valence-corrected chi connectivity index (χ4v) is 3.76. The molecule has 1 N–H and O–H groups in total.